The lowest BCUT2D eigenvalue weighted by molar-refractivity contribution is 1.04. The number of nitrogens with zero attached hydrogens (tertiary/aromatic N) is 2. The lowest BCUT2D eigenvalue weighted by atomic mass is 10.1. The number of hydrogen-bond acceptors (Lipinski definition) is 5. The molecule has 0 fully saturated rings. The minimum atomic E-state index is -0.141. The van der Waals surface area contributed by atoms with E-state index in [-0.39, 0.29) is 5.56 Å². The molecule has 0 amide bonds. The maximum Gasteiger partial charge on any atom is 0.260 e. The van der Waals surface area contributed by atoms with Crippen LogP contribution in [0.2, 0.25) is 5.02 Å². The number of aromatic amines is 1. The molecule has 1 aromatic carbocycles. The summed E-state index contributed by atoms with van der Waals surface area (Å²) in [5.74, 6) is 1.20. The Morgan fingerprint density at radius 2 is 1.96 bits per heavy atom. The second-order valence-corrected chi connectivity index (χ2v) is 7.54. The Balaban J connectivity index is 1.70. The minimum absolute atomic E-state index is 0.141. The lowest BCUT2D eigenvalue weighted by Gasteiger charge is -2.03. The summed E-state index contributed by atoms with van der Waals surface area (Å²) in [6.45, 7) is 0. The molecule has 0 unspecified atom stereocenters. The van der Waals surface area contributed by atoms with Crippen molar-refractivity contribution in [3.8, 4) is 11.1 Å². The highest BCUT2D eigenvalue weighted by atomic mass is 35.5. The van der Waals surface area contributed by atoms with Gasteiger partial charge in [-0.2, -0.15) is 0 Å². The largest absolute Gasteiger partial charge is 0.309 e. The van der Waals surface area contributed by atoms with Gasteiger partial charge in [0.1, 0.15) is 10.7 Å². The molecule has 1 N–H and O–H groups in total. The van der Waals surface area contributed by atoms with Crippen molar-refractivity contribution in [3.05, 3.63) is 75.2 Å². The molecule has 0 saturated carbocycles. The molecule has 0 bridgehead atoms. The molecule has 0 saturated heterocycles. The van der Waals surface area contributed by atoms with E-state index in [1.165, 1.54) is 23.1 Å². The smallest absolute Gasteiger partial charge is 0.260 e. The number of benzene rings is 1. The fourth-order valence-corrected chi connectivity index (χ4v) is 4.44. The van der Waals surface area contributed by atoms with Crippen LogP contribution in [0.25, 0.3) is 21.3 Å². The molecule has 0 radical (unpaired) electrons. The number of aromatic nitrogens is 3. The van der Waals surface area contributed by atoms with Gasteiger partial charge in [0.2, 0.25) is 0 Å². The summed E-state index contributed by atoms with van der Waals surface area (Å²) < 4.78 is 0. The van der Waals surface area contributed by atoms with Crippen molar-refractivity contribution in [1.29, 1.82) is 0 Å². The third kappa shape index (κ3) is 3.33. The summed E-state index contributed by atoms with van der Waals surface area (Å²) >= 11 is 9.27. The first-order valence-electron chi connectivity index (χ1n) is 7.51. The number of H-pyrrole nitrogens is 1. The van der Waals surface area contributed by atoms with Gasteiger partial charge >= 0.3 is 0 Å². The van der Waals surface area contributed by atoms with E-state index < -0.39 is 0 Å². The van der Waals surface area contributed by atoms with Crippen LogP contribution in [0.4, 0.5) is 0 Å². The van der Waals surface area contributed by atoms with Gasteiger partial charge in [-0.15, -0.1) is 11.3 Å². The van der Waals surface area contributed by atoms with Crippen LogP contribution in [0.3, 0.4) is 0 Å². The maximum atomic E-state index is 12.6. The Morgan fingerprint density at radius 3 is 2.76 bits per heavy atom. The molecule has 4 aromatic rings. The third-order valence-electron chi connectivity index (χ3n) is 3.65. The van der Waals surface area contributed by atoms with E-state index in [1.54, 1.807) is 6.20 Å². The molecule has 7 heteroatoms. The third-order valence-corrected chi connectivity index (χ3v) is 5.81. The summed E-state index contributed by atoms with van der Waals surface area (Å²) in [5, 5.41) is 4.04. The summed E-state index contributed by atoms with van der Waals surface area (Å²) in [5.41, 5.74) is 1.53. The molecule has 0 atom stereocenters. The fourth-order valence-electron chi connectivity index (χ4n) is 2.51. The average molecular weight is 386 g/mol. The molecule has 0 spiro atoms. The highest BCUT2D eigenvalue weighted by molar-refractivity contribution is 7.98. The van der Waals surface area contributed by atoms with Gasteiger partial charge in [0.25, 0.3) is 5.56 Å². The highest BCUT2D eigenvalue weighted by Crippen LogP contribution is 2.35. The molecular weight excluding hydrogens is 374 g/mol. The topological polar surface area (TPSA) is 58.6 Å². The van der Waals surface area contributed by atoms with Crippen molar-refractivity contribution in [2.24, 2.45) is 0 Å². The number of fused-ring (bicyclic) bond motifs is 1. The van der Waals surface area contributed by atoms with Crippen LogP contribution >= 0.6 is 34.7 Å². The zero-order valence-corrected chi connectivity index (χ0v) is 15.3. The van der Waals surface area contributed by atoms with Gasteiger partial charge in [-0.1, -0.05) is 47.6 Å². The van der Waals surface area contributed by atoms with Crippen molar-refractivity contribution in [1.82, 2.24) is 15.0 Å². The van der Waals surface area contributed by atoms with Crippen LogP contribution < -0.4 is 5.56 Å². The monoisotopic (exact) mass is 385 g/mol. The average Bonchev–Trinajstić information content (AvgIpc) is 3.06. The standard InChI is InChI=1S/C18H12ClN3OS2/c19-13-6-2-1-5-11(13)12-9-25-18-16(12)17(23)21-14(22-18)10-24-15-7-3-4-8-20-15/h1-9H,10H2,(H,21,22,23). The predicted octanol–water partition coefficient (Wildman–Crippen LogP) is 4.99. The van der Waals surface area contributed by atoms with Crippen LogP contribution in [0.5, 0.6) is 0 Å². The van der Waals surface area contributed by atoms with E-state index >= 15 is 0 Å². The Bertz CT molecular complexity index is 1090. The van der Waals surface area contributed by atoms with Crippen molar-refractivity contribution < 1.29 is 0 Å². The van der Waals surface area contributed by atoms with E-state index in [9.17, 15) is 4.79 Å². The highest BCUT2D eigenvalue weighted by Gasteiger charge is 2.14. The Morgan fingerprint density at radius 1 is 1.12 bits per heavy atom. The first-order chi connectivity index (χ1) is 12.2. The normalized spacial score (nSPS) is 11.1. The van der Waals surface area contributed by atoms with Crippen molar-refractivity contribution in [2.75, 3.05) is 0 Å². The van der Waals surface area contributed by atoms with Crippen LogP contribution in [-0.4, -0.2) is 15.0 Å². The van der Waals surface area contributed by atoms with Crippen molar-refractivity contribution in [3.63, 3.8) is 0 Å². The van der Waals surface area contributed by atoms with Crippen molar-refractivity contribution >= 4 is 44.9 Å². The van der Waals surface area contributed by atoms with Crippen LogP contribution in [0, 0.1) is 0 Å². The van der Waals surface area contributed by atoms with Crippen LogP contribution in [0.1, 0.15) is 5.82 Å². The quantitative estimate of drug-likeness (QED) is 0.502. The number of hydrogen-bond donors (Lipinski definition) is 1. The molecule has 25 heavy (non-hydrogen) atoms. The van der Waals surface area contributed by atoms with E-state index in [0.29, 0.717) is 22.0 Å². The summed E-state index contributed by atoms with van der Waals surface area (Å²) in [6.07, 6.45) is 1.75. The van der Waals surface area contributed by atoms with Crippen LogP contribution in [-0.2, 0) is 5.75 Å². The molecule has 3 heterocycles. The summed E-state index contributed by atoms with van der Waals surface area (Å²) in [6, 6.07) is 13.2. The number of halogens is 1. The van der Waals surface area contributed by atoms with E-state index in [2.05, 4.69) is 15.0 Å². The van der Waals surface area contributed by atoms with E-state index in [0.717, 1.165) is 21.0 Å². The Labute approximate surface area is 156 Å². The van der Waals surface area contributed by atoms with Gasteiger partial charge in [-0.3, -0.25) is 4.79 Å². The van der Waals surface area contributed by atoms with Gasteiger partial charge in [0, 0.05) is 27.7 Å². The molecule has 4 rings (SSSR count). The molecule has 4 nitrogen and oxygen atoms in total. The maximum absolute atomic E-state index is 12.6. The van der Waals surface area contributed by atoms with E-state index in [4.69, 9.17) is 11.6 Å². The second-order valence-electron chi connectivity index (χ2n) is 5.28. The molecule has 124 valence electrons. The number of rotatable bonds is 4. The summed E-state index contributed by atoms with van der Waals surface area (Å²) in [7, 11) is 0. The molecule has 0 aliphatic heterocycles. The second kappa shape index (κ2) is 7.00. The summed E-state index contributed by atoms with van der Waals surface area (Å²) in [4.78, 5) is 25.1. The van der Waals surface area contributed by atoms with Gasteiger partial charge in [-0.05, 0) is 18.2 Å². The Hall–Kier alpha value is -2.15. The number of nitrogens with one attached hydrogen (secondary N) is 1. The number of thiophene rings is 1. The molecular formula is C18H12ClN3OS2. The number of pyridine rings is 1. The zero-order valence-electron chi connectivity index (χ0n) is 12.9. The van der Waals surface area contributed by atoms with E-state index in [1.807, 2.05) is 47.8 Å². The lowest BCUT2D eigenvalue weighted by Crippen LogP contribution is -2.10. The predicted molar refractivity (Wildman–Crippen MR) is 104 cm³/mol. The first kappa shape index (κ1) is 16.3. The van der Waals surface area contributed by atoms with Gasteiger partial charge in [-0.25, -0.2) is 9.97 Å². The fraction of sp³-hybridized carbons (Fsp3) is 0.0556. The van der Waals surface area contributed by atoms with Gasteiger partial charge < -0.3 is 4.98 Å². The minimum Gasteiger partial charge on any atom is -0.309 e. The first-order valence-corrected chi connectivity index (χ1v) is 9.76. The molecule has 0 aliphatic carbocycles. The molecule has 0 aliphatic rings. The molecule has 3 aromatic heterocycles. The zero-order chi connectivity index (χ0) is 17.2. The van der Waals surface area contributed by atoms with Gasteiger partial charge in [0.05, 0.1) is 16.2 Å². The SMILES string of the molecule is O=c1[nH]c(CSc2ccccn2)nc2scc(-c3ccccc3Cl)c12. The van der Waals surface area contributed by atoms with Crippen molar-refractivity contribution in [2.45, 2.75) is 10.8 Å². The van der Waals surface area contributed by atoms with Gasteiger partial charge in [0.15, 0.2) is 0 Å². The number of thioether (sulfide) groups is 1. The Kier molecular flexibility index (Phi) is 4.57. The van der Waals surface area contributed by atoms with Crippen LogP contribution in [0.15, 0.2) is 63.9 Å².